The minimum atomic E-state index is -0.779. The van der Waals surface area contributed by atoms with E-state index in [0.29, 0.717) is 19.3 Å². The standard InChI is InChI=1S/C59H106O6/c1-4-7-10-13-16-19-22-25-28-29-32-34-37-40-43-46-49-52-58(61)64-55-56(65-59(62)53-50-47-44-41-38-35-31-27-24-21-18-15-12-9-6-3)54-63-57(60)51-48-45-42-39-36-33-30-26-23-20-17-14-11-8-5-2/h9,12,15,18,20-21,23-24,56H,4-8,10-11,13-14,16-17,19,22,25-55H2,1-3H3/b12-9-,18-15-,23-20-,24-21-. The van der Waals surface area contributed by atoms with Crippen LogP contribution in [-0.2, 0) is 28.6 Å². The molecule has 0 bridgehead atoms. The first-order chi connectivity index (χ1) is 32.0. The molecule has 0 aromatic rings. The summed E-state index contributed by atoms with van der Waals surface area (Å²) in [4.78, 5) is 38.1. The van der Waals surface area contributed by atoms with Crippen LogP contribution in [0.2, 0.25) is 0 Å². The fourth-order valence-corrected chi connectivity index (χ4v) is 8.14. The zero-order valence-electron chi connectivity index (χ0n) is 43.3. The van der Waals surface area contributed by atoms with Gasteiger partial charge in [-0.1, -0.05) is 256 Å². The van der Waals surface area contributed by atoms with Gasteiger partial charge in [-0.05, 0) is 64.2 Å². The van der Waals surface area contributed by atoms with Crippen LogP contribution in [0.1, 0.15) is 290 Å². The second-order valence-corrected chi connectivity index (χ2v) is 18.9. The minimum Gasteiger partial charge on any atom is -0.462 e. The van der Waals surface area contributed by atoms with Crippen molar-refractivity contribution in [2.45, 2.75) is 297 Å². The monoisotopic (exact) mass is 911 g/mol. The lowest BCUT2D eigenvalue weighted by molar-refractivity contribution is -0.167. The summed E-state index contributed by atoms with van der Waals surface area (Å²) >= 11 is 0. The highest BCUT2D eigenvalue weighted by Gasteiger charge is 2.19. The molecule has 0 fully saturated rings. The molecule has 378 valence electrons. The Morgan fingerprint density at radius 1 is 0.323 bits per heavy atom. The molecule has 0 radical (unpaired) electrons. The molecule has 0 heterocycles. The number of ether oxygens (including phenoxy) is 3. The zero-order valence-corrected chi connectivity index (χ0v) is 43.3. The van der Waals surface area contributed by atoms with Gasteiger partial charge in [0.05, 0.1) is 0 Å². The van der Waals surface area contributed by atoms with E-state index in [0.717, 1.165) is 70.6 Å². The molecule has 6 heteroatoms. The molecule has 0 saturated carbocycles. The Kier molecular flexibility index (Phi) is 51.8. The lowest BCUT2D eigenvalue weighted by Crippen LogP contribution is -2.30. The lowest BCUT2D eigenvalue weighted by atomic mass is 10.0. The van der Waals surface area contributed by atoms with E-state index in [1.165, 1.54) is 180 Å². The van der Waals surface area contributed by atoms with Crippen molar-refractivity contribution >= 4 is 17.9 Å². The number of hydrogen-bond acceptors (Lipinski definition) is 6. The molecule has 0 N–H and O–H groups in total. The molecule has 1 atom stereocenters. The highest BCUT2D eigenvalue weighted by atomic mass is 16.6. The van der Waals surface area contributed by atoms with E-state index in [1.807, 2.05) is 0 Å². The Hall–Kier alpha value is -2.63. The molecular weight excluding hydrogens is 805 g/mol. The zero-order chi connectivity index (χ0) is 47.2. The summed E-state index contributed by atoms with van der Waals surface area (Å²) in [5.41, 5.74) is 0. The fourth-order valence-electron chi connectivity index (χ4n) is 8.14. The molecule has 6 nitrogen and oxygen atoms in total. The minimum absolute atomic E-state index is 0.0764. The third-order valence-electron chi connectivity index (χ3n) is 12.4. The van der Waals surface area contributed by atoms with Gasteiger partial charge in [0.15, 0.2) is 6.10 Å². The van der Waals surface area contributed by atoms with Crippen LogP contribution < -0.4 is 0 Å². The predicted octanol–water partition coefficient (Wildman–Crippen LogP) is 18.7. The Bertz CT molecular complexity index is 1140. The first-order valence-corrected chi connectivity index (χ1v) is 28.2. The molecule has 1 unspecified atom stereocenters. The van der Waals surface area contributed by atoms with Crippen molar-refractivity contribution in [2.75, 3.05) is 13.2 Å². The topological polar surface area (TPSA) is 78.9 Å². The van der Waals surface area contributed by atoms with Gasteiger partial charge in [0.1, 0.15) is 13.2 Å². The number of unbranched alkanes of at least 4 members (excludes halogenated alkanes) is 34. The maximum absolute atomic E-state index is 12.8. The van der Waals surface area contributed by atoms with Crippen molar-refractivity contribution in [2.24, 2.45) is 0 Å². The Morgan fingerprint density at radius 2 is 0.615 bits per heavy atom. The van der Waals surface area contributed by atoms with E-state index in [4.69, 9.17) is 14.2 Å². The molecule has 0 aliphatic carbocycles. The van der Waals surface area contributed by atoms with Crippen LogP contribution in [0.4, 0.5) is 0 Å². The van der Waals surface area contributed by atoms with Gasteiger partial charge in [-0.2, -0.15) is 0 Å². The van der Waals surface area contributed by atoms with Crippen molar-refractivity contribution < 1.29 is 28.6 Å². The SMILES string of the molecule is CC\C=C/C=C\C=C/CCCCCCCCCC(=O)OC(COC(=O)CCCCCCCCC/C=C\CCCCCC)COC(=O)CCCCCCCCCCCCCCCCCCC. The van der Waals surface area contributed by atoms with E-state index in [2.05, 4.69) is 69.4 Å². The van der Waals surface area contributed by atoms with Gasteiger partial charge in [-0.3, -0.25) is 14.4 Å². The number of rotatable bonds is 51. The highest BCUT2D eigenvalue weighted by molar-refractivity contribution is 5.71. The van der Waals surface area contributed by atoms with E-state index in [1.54, 1.807) is 0 Å². The maximum atomic E-state index is 12.8. The van der Waals surface area contributed by atoms with Gasteiger partial charge in [-0.25, -0.2) is 0 Å². The molecule has 0 aliphatic heterocycles. The van der Waals surface area contributed by atoms with Crippen LogP contribution in [0.15, 0.2) is 48.6 Å². The van der Waals surface area contributed by atoms with Crippen molar-refractivity contribution in [3.63, 3.8) is 0 Å². The fraction of sp³-hybridized carbons (Fsp3) is 0.814. The predicted molar refractivity (Wildman–Crippen MR) is 279 cm³/mol. The summed E-state index contributed by atoms with van der Waals surface area (Å²) in [5, 5.41) is 0. The largest absolute Gasteiger partial charge is 0.462 e. The molecule has 0 rings (SSSR count). The number of hydrogen-bond donors (Lipinski definition) is 0. The van der Waals surface area contributed by atoms with Gasteiger partial charge in [-0.15, -0.1) is 0 Å². The third-order valence-corrected chi connectivity index (χ3v) is 12.4. The van der Waals surface area contributed by atoms with E-state index in [9.17, 15) is 14.4 Å². The van der Waals surface area contributed by atoms with E-state index in [-0.39, 0.29) is 31.1 Å². The van der Waals surface area contributed by atoms with Crippen molar-refractivity contribution in [3.8, 4) is 0 Å². The Labute approximate surface area is 403 Å². The van der Waals surface area contributed by atoms with Gasteiger partial charge < -0.3 is 14.2 Å². The van der Waals surface area contributed by atoms with Crippen LogP contribution >= 0.6 is 0 Å². The molecule has 0 aromatic heterocycles. The highest BCUT2D eigenvalue weighted by Crippen LogP contribution is 2.16. The summed E-state index contributed by atoms with van der Waals surface area (Å²) in [6.07, 6.45) is 65.2. The van der Waals surface area contributed by atoms with Crippen LogP contribution in [0.25, 0.3) is 0 Å². The van der Waals surface area contributed by atoms with Crippen molar-refractivity contribution in [3.05, 3.63) is 48.6 Å². The normalized spacial score (nSPS) is 12.4. The first kappa shape index (κ1) is 62.4. The van der Waals surface area contributed by atoms with Gasteiger partial charge >= 0.3 is 17.9 Å². The molecule has 0 aliphatic rings. The second-order valence-electron chi connectivity index (χ2n) is 18.9. The summed E-state index contributed by atoms with van der Waals surface area (Å²) < 4.78 is 16.9. The van der Waals surface area contributed by atoms with Gasteiger partial charge in [0.25, 0.3) is 0 Å². The first-order valence-electron chi connectivity index (χ1n) is 28.2. The summed E-state index contributed by atoms with van der Waals surface area (Å²) in [6.45, 7) is 6.52. The van der Waals surface area contributed by atoms with Crippen LogP contribution in [0.5, 0.6) is 0 Å². The molecule has 0 amide bonds. The third kappa shape index (κ3) is 52.2. The molecule has 0 saturated heterocycles. The van der Waals surface area contributed by atoms with E-state index >= 15 is 0 Å². The number of carbonyl (C=O) groups is 3. The van der Waals surface area contributed by atoms with Crippen LogP contribution in [0, 0.1) is 0 Å². The summed E-state index contributed by atoms with van der Waals surface area (Å²) in [5.74, 6) is -0.880. The second kappa shape index (κ2) is 54.0. The van der Waals surface area contributed by atoms with Crippen molar-refractivity contribution in [1.29, 1.82) is 0 Å². The molecule has 0 aromatic carbocycles. The molecule has 0 spiro atoms. The molecule has 65 heavy (non-hydrogen) atoms. The average Bonchev–Trinajstić information content (AvgIpc) is 3.30. The van der Waals surface area contributed by atoms with Gasteiger partial charge in [0.2, 0.25) is 0 Å². The average molecular weight is 911 g/mol. The molecular formula is C59H106O6. The maximum Gasteiger partial charge on any atom is 0.306 e. The lowest BCUT2D eigenvalue weighted by Gasteiger charge is -2.18. The smallest absolute Gasteiger partial charge is 0.306 e. The van der Waals surface area contributed by atoms with Crippen molar-refractivity contribution in [1.82, 2.24) is 0 Å². The van der Waals surface area contributed by atoms with E-state index < -0.39 is 6.10 Å². The summed E-state index contributed by atoms with van der Waals surface area (Å²) in [6, 6.07) is 0. The summed E-state index contributed by atoms with van der Waals surface area (Å²) in [7, 11) is 0. The number of esters is 3. The quantitative estimate of drug-likeness (QED) is 0.0199. The van der Waals surface area contributed by atoms with Crippen LogP contribution in [-0.4, -0.2) is 37.2 Å². The Balaban J connectivity index is 4.36. The Morgan fingerprint density at radius 3 is 0.985 bits per heavy atom. The number of carbonyl (C=O) groups excluding carboxylic acids is 3. The number of allylic oxidation sites excluding steroid dienone is 8. The van der Waals surface area contributed by atoms with Gasteiger partial charge in [0, 0.05) is 19.3 Å². The van der Waals surface area contributed by atoms with Crippen LogP contribution in [0.3, 0.4) is 0 Å².